The van der Waals surface area contributed by atoms with Crippen LogP contribution < -0.4 is 0 Å². The van der Waals surface area contributed by atoms with Crippen LogP contribution in [0.2, 0.25) is 0 Å². The second kappa shape index (κ2) is 4.77. The van der Waals surface area contributed by atoms with E-state index in [9.17, 15) is 18.5 Å². The van der Waals surface area contributed by atoms with E-state index in [1.165, 1.54) is 18.2 Å². The van der Waals surface area contributed by atoms with Gasteiger partial charge >= 0.3 is 0 Å². The third-order valence-electron chi connectivity index (χ3n) is 1.84. The Bertz CT molecular complexity index is 503. The van der Waals surface area contributed by atoms with Crippen molar-refractivity contribution >= 4 is 27.5 Å². The lowest BCUT2D eigenvalue weighted by atomic mass is 10.3. The topological polar surface area (TPSA) is 80.5 Å². The Morgan fingerprint density at radius 2 is 2.12 bits per heavy atom. The van der Waals surface area contributed by atoms with Crippen LogP contribution in [0.25, 0.3) is 0 Å². The van der Waals surface area contributed by atoms with Crippen LogP contribution in [-0.2, 0) is 10.0 Å². The van der Waals surface area contributed by atoms with Gasteiger partial charge in [-0.2, -0.15) is 0 Å². The molecule has 8 heteroatoms. The number of nitrogens with zero attached hydrogens (tertiary/aromatic N) is 2. The lowest BCUT2D eigenvalue weighted by molar-refractivity contribution is -0.385. The SMILES string of the molecule is CCN(Cl)S(=O)(=O)c1cccc([N+](=O)[O-])c1. The van der Waals surface area contributed by atoms with E-state index in [1.807, 2.05) is 0 Å². The van der Waals surface area contributed by atoms with E-state index < -0.39 is 14.9 Å². The normalized spacial score (nSPS) is 11.7. The predicted molar refractivity (Wildman–Crippen MR) is 58.5 cm³/mol. The maximum Gasteiger partial charge on any atom is 0.270 e. The summed E-state index contributed by atoms with van der Waals surface area (Å²) in [5.74, 6) is 0. The number of sulfonamides is 1. The molecule has 0 atom stereocenters. The van der Waals surface area contributed by atoms with Crippen LogP contribution >= 0.6 is 11.8 Å². The van der Waals surface area contributed by atoms with Gasteiger partial charge in [-0.1, -0.05) is 6.07 Å². The molecule has 0 saturated carbocycles. The molecule has 0 unspecified atom stereocenters. The molecule has 0 spiro atoms. The summed E-state index contributed by atoms with van der Waals surface area (Å²) in [5, 5.41) is 10.5. The molecular formula is C8H9ClN2O4S. The summed E-state index contributed by atoms with van der Waals surface area (Å²) < 4.78 is 24.0. The van der Waals surface area contributed by atoms with E-state index in [4.69, 9.17) is 11.8 Å². The summed E-state index contributed by atoms with van der Waals surface area (Å²) in [7, 11) is -3.85. The maximum absolute atomic E-state index is 11.7. The molecule has 1 aromatic carbocycles. The number of nitro groups is 1. The van der Waals surface area contributed by atoms with Gasteiger partial charge < -0.3 is 0 Å². The van der Waals surface area contributed by atoms with Gasteiger partial charge in [0.25, 0.3) is 15.7 Å². The van der Waals surface area contributed by atoms with E-state index in [2.05, 4.69) is 0 Å². The highest BCUT2D eigenvalue weighted by atomic mass is 35.5. The third kappa shape index (κ3) is 2.49. The number of benzene rings is 1. The first-order chi connectivity index (χ1) is 7.39. The Kier molecular flexibility index (Phi) is 3.84. The molecule has 0 N–H and O–H groups in total. The molecule has 16 heavy (non-hydrogen) atoms. The van der Waals surface area contributed by atoms with Crippen LogP contribution in [-0.4, -0.2) is 23.7 Å². The van der Waals surface area contributed by atoms with Crippen molar-refractivity contribution in [2.45, 2.75) is 11.8 Å². The zero-order valence-corrected chi connectivity index (χ0v) is 9.90. The summed E-state index contributed by atoms with van der Waals surface area (Å²) in [5.41, 5.74) is -0.290. The van der Waals surface area contributed by atoms with Gasteiger partial charge in [-0.15, -0.1) is 3.82 Å². The van der Waals surface area contributed by atoms with Crippen LogP contribution in [0.15, 0.2) is 29.2 Å². The summed E-state index contributed by atoms with van der Waals surface area (Å²) >= 11 is 5.50. The molecule has 0 radical (unpaired) electrons. The van der Waals surface area contributed by atoms with Gasteiger partial charge in [0.15, 0.2) is 0 Å². The van der Waals surface area contributed by atoms with Crippen molar-refractivity contribution in [3.8, 4) is 0 Å². The van der Waals surface area contributed by atoms with Crippen molar-refractivity contribution in [3.05, 3.63) is 34.4 Å². The minimum absolute atomic E-state index is 0.0760. The summed E-state index contributed by atoms with van der Waals surface area (Å²) in [6.07, 6.45) is 0. The predicted octanol–water partition coefficient (Wildman–Crippen LogP) is 1.76. The van der Waals surface area contributed by atoms with Crippen LogP contribution in [0.4, 0.5) is 5.69 Å². The Balaban J connectivity index is 3.24. The average molecular weight is 265 g/mol. The number of non-ortho nitro benzene ring substituents is 1. The minimum Gasteiger partial charge on any atom is -0.258 e. The van der Waals surface area contributed by atoms with Gasteiger partial charge in [0, 0.05) is 18.7 Å². The summed E-state index contributed by atoms with van der Waals surface area (Å²) in [6.45, 7) is 1.63. The molecule has 0 fully saturated rings. The van der Waals surface area contributed by atoms with E-state index in [0.29, 0.717) is 3.82 Å². The Hall–Kier alpha value is -1.18. The fourth-order valence-corrected chi connectivity index (χ4v) is 2.37. The molecule has 0 heterocycles. The molecule has 88 valence electrons. The van der Waals surface area contributed by atoms with Gasteiger partial charge in [0.1, 0.15) is 0 Å². The minimum atomic E-state index is -3.85. The van der Waals surface area contributed by atoms with Crippen molar-refractivity contribution in [3.63, 3.8) is 0 Å². The van der Waals surface area contributed by atoms with E-state index in [-0.39, 0.29) is 17.1 Å². The Labute approximate surface area is 97.7 Å². The second-order valence-electron chi connectivity index (χ2n) is 2.86. The lowest BCUT2D eigenvalue weighted by Crippen LogP contribution is -2.21. The van der Waals surface area contributed by atoms with Crippen molar-refractivity contribution in [2.24, 2.45) is 0 Å². The highest BCUT2D eigenvalue weighted by molar-refractivity contribution is 7.90. The van der Waals surface area contributed by atoms with Crippen LogP contribution in [0.1, 0.15) is 6.92 Å². The quantitative estimate of drug-likeness (QED) is 0.471. The lowest BCUT2D eigenvalue weighted by Gasteiger charge is -2.11. The maximum atomic E-state index is 11.7. The molecule has 0 aliphatic carbocycles. The zero-order valence-electron chi connectivity index (χ0n) is 8.33. The monoisotopic (exact) mass is 264 g/mol. The van der Waals surface area contributed by atoms with E-state index >= 15 is 0 Å². The number of nitro benzene ring substituents is 1. The van der Waals surface area contributed by atoms with Crippen molar-refractivity contribution < 1.29 is 13.3 Å². The average Bonchev–Trinajstić information content (AvgIpc) is 2.28. The van der Waals surface area contributed by atoms with Gasteiger partial charge in [0.2, 0.25) is 0 Å². The number of rotatable bonds is 4. The first kappa shape index (κ1) is 12.9. The van der Waals surface area contributed by atoms with Crippen LogP contribution in [0.3, 0.4) is 0 Å². The van der Waals surface area contributed by atoms with Crippen molar-refractivity contribution in [1.82, 2.24) is 3.82 Å². The Morgan fingerprint density at radius 1 is 1.50 bits per heavy atom. The Morgan fingerprint density at radius 3 is 2.62 bits per heavy atom. The molecule has 6 nitrogen and oxygen atoms in total. The molecule has 0 amide bonds. The van der Waals surface area contributed by atoms with Crippen molar-refractivity contribution in [1.29, 1.82) is 0 Å². The smallest absolute Gasteiger partial charge is 0.258 e. The number of hydrogen-bond donors (Lipinski definition) is 0. The largest absolute Gasteiger partial charge is 0.270 e. The molecule has 0 aliphatic heterocycles. The first-order valence-electron chi connectivity index (χ1n) is 4.32. The summed E-state index contributed by atoms with van der Waals surface area (Å²) in [4.78, 5) is 9.62. The molecule has 0 aliphatic rings. The molecule has 0 aromatic heterocycles. The van der Waals surface area contributed by atoms with Crippen LogP contribution in [0, 0.1) is 10.1 Å². The van der Waals surface area contributed by atoms with Gasteiger partial charge in [-0.25, -0.2) is 8.42 Å². The fraction of sp³-hybridized carbons (Fsp3) is 0.250. The number of hydrogen-bond acceptors (Lipinski definition) is 4. The first-order valence-corrected chi connectivity index (χ1v) is 6.10. The highest BCUT2D eigenvalue weighted by Gasteiger charge is 2.23. The summed E-state index contributed by atoms with van der Waals surface area (Å²) in [6, 6.07) is 4.74. The zero-order chi connectivity index (χ0) is 12.3. The van der Waals surface area contributed by atoms with Gasteiger partial charge in [-0.05, 0) is 24.8 Å². The van der Waals surface area contributed by atoms with Gasteiger partial charge in [0.05, 0.1) is 9.82 Å². The molecule has 0 bridgehead atoms. The third-order valence-corrected chi connectivity index (χ3v) is 4.25. The molecule has 0 saturated heterocycles. The fourth-order valence-electron chi connectivity index (χ4n) is 1.04. The van der Waals surface area contributed by atoms with E-state index in [1.54, 1.807) is 6.92 Å². The second-order valence-corrected chi connectivity index (χ2v) is 5.33. The van der Waals surface area contributed by atoms with E-state index in [0.717, 1.165) is 6.07 Å². The van der Waals surface area contributed by atoms with Crippen molar-refractivity contribution in [2.75, 3.05) is 6.54 Å². The molecule has 1 rings (SSSR count). The van der Waals surface area contributed by atoms with Crippen LogP contribution in [0.5, 0.6) is 0 Å². The number of halogens is 1. The standard InChI is InChI=1S/C8H9ClN2O4S/c1-2-10(9)16(14,15)8-5-3-4-7(6-8)11(12)13/h3-6H,2H2,1H3. The van der Waals surface area contributed by atoms with Gasteiger partial charge in [-0.3, -0.25) is 10.1 Å². The highest BCUT2D eigenvalue weighted by Crippen LogP contribution is 2.21. The molecular weight excluding hydrogens is 256 g/mol. The molecule has 1 aromatic rings.